The van der Waals surface area contributed by atoms with Crippen LogP contribution in [0.4, 0.5) is 5.69 Å². The van der Waals surface area contributed by atoms with Gasteiger partial charge >= 0.3 is 0 Å². The lowest BCUT2D eigenvalue weighted by molar-refractivity contribution is 0.439. The first kappa shape index (κ1) is 10.9. The molecule has 1 N–H and O–H groups in total. The molecule has 84 valence electrons. The fourth-order valence-corrected chi connectivity index (χ4v) is 2.38. The van der Waals surface area contributed by atoms with E-state index in [0.717, 1.165) is 24.1 Å². The molecule has 0 aliphatic heterocycles. The predicted octanol–water partition coefficient (Wildman–Crippen LogP) is 2.80. The zero-order chi connectivity index (χ0) is 11.4. The molecule has 2 unspecified atom stereocenters. The lowest BCUT2D eigenvalue weighted by Crippen LogP contribution is -2.16. The highest BCUT2D eigenvalue weighted by Crippen LogP contribution is 2.31. The van der Waals surface area contributed by atoms with Crippen molar-refractivity contribution in [3.05, 3.63) is 24.0 Å². The van der Waals surface area contributed by atoms with Gasteiger partial charge in [0.1, 0.15) is 11.8 Å². The Bertz CT molecular complexity index is 394. The molecule has 1 aliphatic rings. The second kappa shape index (κ2) is 4.98. The Kier molecular flexibility index (Phi) is 3.40. The zero-order valence-electron chi connectivity index (χ0n) is 9.61. The highest BCUT2D eigenvalue weighted by atomic mass is 14.9. The van der Waals surface area contributed by atoms with Gasteiger partial charge in [0.25, 0.3) is 0 Å². The first-order valence-electron chi connectivity index (χ1n) is 5.89. The Morgan fingerprint density at radius 1 is 1.56 bits per heavy atom. The average Bonchev–Trinajstić information content (AvgIpc) is 2.72. The van der Waals surface area contributed by atoms with Crippen LogP contribution in [0.25, 0.3) is 0 Å². The van der Waals surface area contributed by atoms with Crippen LogP contribution in [0.5, 0.6) is 0 Å². The molecule has 1 heterocycles. The molecule has 3 nitrogen and oxygen atoms in total. The van der Waals surface area contributed by atoms with E-state index >= 15 is 0 Å². The van der Waals surface area contributed by atoms with E-state index in [0.29, 0.717) is 5.69 Å². The van der Waals surface area contributed by atoms with Gasteiger partial charge in [-0.25, -0.2) is 4.98 Å². The molecular weight excluding hydrogens is 198 g/mol. The van der Waals surface area contributed by atoms with Crippen molar-refractivity contribution in [2.24, 2.45) is 11.8 Å². The molecule has 0 radical (unpaired) electrons. The van der Waals surface area contributed by atoms with Crippen LogP contribution < -0.4 is 5.32 Å². The van der Waals surface area contributed by atoms with Gasteiger partial charge in [-0.1, -0.05) is 19.8 Å². The standard InChI is InChI=1S/C13H17N3/c1-10-3-2-4-11(10)9-16-12-5-6-15-13(7-12)8-14/h5-7,10-11H,2-4,9H2,1H3,(H,15,16). The molecular formula is C13H17N3. The van der Waals surface area contributed by atoms with Crippen LogP contribution in [-0.2, 0) is 0 Å². The van der Waals surface area contributed by atoms with Crippen molar-refractivity contribution in [3.8, 4) is 6.07 Å². The Morgan fingerprint density at radius 2 is 2.44 bits per heavy atom. The molecule has 2 rings (SSSR count). The highest BCUT2D eigenvalue weighted by Gasteiger charge is 2.22. The third-order valence-electron chi connectivity index (χ3n) is 3.48. The third-order valence-corrected chi connectivity index (χ3v) is 3.48. The van der Waals surface area contributed by atoms with Gasteiger partial charge in [-0.05, 0) is 30.4 Å². The average molecular weight is 215 g/mol. The van der Waals surface area contributed by atoms with Crippen molar-refractivity contribution < 1.29 is 0 Å². The Hall–Kier alpha value is -1.56. The number of nitriles is 1. The van der Waals surface area contributed by atoms with Gasteiger partial charge in [-0.15, -0.1) is 0 Å². The molecule has 3 heteroatoms. The molecule has 0 saturated heterocycles. The van der Waals surface area contributed by atoms with Crippen LogP contribution >= 0.6 is 0 Å². The Labute approximate surface area is 96.5 Å². The van der Waals surface area contributed by atoms with Gasteiger partial charge in [0.05, 0.1) is 0 Å². The van der Waals surface area contributed by atoms with Crippen molar-refractivity contribution in [1.29, 1.82) is 5.26 Å². The molecule has 1 fully saturated rings. The number of pyridine rings is 1. The molecule has 0 aromatic carbocycles. The molecule has 0 bridgehead atoms. The van der Waals surface area contributed by atoms with E-state index in [1.165, 1.54) is 19.3 Å². The van der Waals surface area contributed by atoms with Crippen LogP contribution in [0.1, 0.15) is 31.9 Å². The molecule has 1 aromatic rings. The second-order valence-electron chi connectivity index (χ2n) is 4.59. The maximum absolute atomic E-state index is 8.74. The van der Waals surface area contributed by atoms with Crippen LogP contribution in [0, 0.1) is 23.2 Å². The van der Waals surface area contributed by atoms with E-state index in [9.17, 15) is 0 Å². The van der Waals surface area contributed by atoms with Crippen LogP contribution in [0.15, 0.2) is 18.3 Å². The summed E-state index contributed by atoms with van der Waals surface area (Å²) < 4.78 is 0. The van der Waals surface area contributed by atoms with E-state index in [2.05, 4.69) is 23.3 Å². The summed E-state index contributed by atoms with van der Waals surface area (Å²) >= 11 is 0. The smallest absolute Gasteiger partial charge is 0.142 e. The van der Waals surface area contributed by atoms with Crippen LogP contribution in [-0.4, -0.2) is 11.5 Å². The van der Waals surface area contributed by atoms with Gasteiger partial charge in [0.2, 0.25) is 0 Å². The SMILES string of the molecule is CC1CCCC1CNc1ccnc(C#N)c1. The molecule has 1 saturated carbocycles. The number of nitrogens with zero attached hydrogens (tertiary/aromatic N) is 2. The molecule has 0 spiro atoms. The Balaban J connectivity index is 1.92. The maximum Gasteiger partial charge on any atom is 0.142 e. The van der Waals surface area contributed by atoms with Gasteiger partial charge in [0.15, 0.2) is 0 Å². The van der Waals surface area contributed by atoms with Crippen molar-refractivity contribution in [1.82, 2.24) is 4.98 Å². The topological polar surface area (TPSA) is 48.7 Å². The van der Waals surface area contributed by atoms with Crippen LogP contribution in [0.2, 0.25) is 0 Å². The number of rotatable bonds is 3. The summed E-state index contributed by atoms with van der Waals surface area (Å²) in [5, 5.41) is 12.1. The van der Waals surface area contributed by atoms with Crippen molar-refractivity contribution >= 4 is 5.69 Å². The largest absolute Gasteiger partial charge is 0.385 e. The van der Waals surface area contributed by atoms with Crippen molar-refractivity contribution in [2.75, 3.05) is 11.9 Å². The summed E-state index contributed by atoms with van der Waals surface area (Å²) in [6.45, 7) is 3.34. The fraction of sp³-hybridized carbons (Fsp3) is 0.538. The summed E-state index contributed by atoms with van der Waals surface area (Å²) in [4.78, 5) is 3.95. The lowest BCUT2D eigenvalue weighted by atomic mass is 9.98. The van der Waals surface area contributed by atoms with Gasteiger partial charge in [0, 0.05) is 18.4 Å². The van der Waals surface area contributed by atoms with Gasteiger partial charge < -0.3 is 5.32 Å². The summed E-state index contributed by atoms with van der Waals surface area (Å²) in [5.41, 5.74) is 1.48. The quantitative estimate of drug-likeness (QED) is 0.843. The second-order valence-corrected chi connectivity index (χ2v) is 4.59. The lowest BCUT2D eigenvalue weighted by Gasteiger charge is -2.16. The van der Waals surface area contributed by atoms with Crippen molar-refractivity contribution in [2.45, 2.75) is 26.2 Å². The predicted molar refractivity (Wildman–Crippen MR) is 63.9 cm³/mol. The highest BCUT2D eigenvalue weighted by molar-refractivity contribution is 5.45. The number of nitrogens with one attached hydrogen (secondary N) is 1. The molecule has 1 aliphatic carbocycles. The van der Waals surface area contributed by atoms with Crippen LogP contribution in [0.3, 0.4) is 0 Å². The molecule has 2 atom stereocenters. The van der Waals surface area contributed by atoms with E-state index in [1.54, 1.807) is 12.3 Å². The number of hydrogen-bond donors (Lipinski definition) is 1. The van der Waals surface area contributed by atoms with E-state index in [4.69, 9.17) is 5.26 Å². The minimum atomic E-state index is 0.476. The first-order chi connectivity index (χ1) is 7.79. The number of anilines is 1. The molecule has 1 aromatic heterocycles. The zero-order valence-corrected chi connectivity index (χ0v) is 9.61. The Morgan fingerprint density at radius 3 is 3.12 bits per heavy atom. The van der Waals surface area contributed by atoms with Gasteiger partial charge in [-0.2, -0.15) is 5.26 Å². The first-order valence-corrected chi connectivity index (χ1v) is 5.89. The van der Waals surface area contributed by atoms with E-state index < -0.39 is 0 Å². The normalized spacial score (nSPS) is 24.0. The minimum Gasteiger partial charge on any atom is -0.385 e. The maximum atomic E-state index is 8.74. The van der Waals surface area contributed by atoms with Gasteiger partial charge in [-0.3, -0.25) is 0 Å². The molecule has 16 heavy (non-hydrogen) atoms. The van der Waals surface area contributed by atoms with E-state index in [-0.39, 0.29) is 0 Å². The number of aromatic nitrogens is 1. The summed E-state index contributed by atoms with van der Waals surface area (Å²) in [6.07, 6.45) is 5.71. The number of hydrogen-bond acceptors (Lipinski definition) is 3. The third kappa shape index (κ3) is 2.52. The summed E-state index contributed by atoms with van der Waals surface area (Å²) in [7, 11) is 0. The van der Waals surface area contributed by atoms with Crippen molar-refractivity contribution in [3.63, 3.8) is 0 Å². The monoisotopic (exact) mass is 215 g/mol. The summed E-state index contributed by atoms with van der Waals surface area (Å²) in [6, 6.07) is 5.78. The molecule has 0 amide bonds. The minimum absolute atomic E-state index is 0.476. The fourth-order valence-electron chi connectivity index (χ4n) is 2.38. The summed E-state index contributed by atoms with van der Waals surface area (Å²) in [5.74, 6) is 1.60. The van der Waals surface area contributed by atoms with E-state index in [1.807, 2.05) is 6.07 Å².